The summed E-state index contributed by atoms with van der Waals surface area (Å²) < 4.78 is 5.90. The smallest absolute Gasteiger partial charge is 0.162 e. The lowest BCUT2D eigenvalue weighted by Gasteiger charge is -2.23. The molecule has 0 spiro atoms. The van der Waals surface area contributed by atoms with E-state index in [0.717, 1.165) is 6.42 Å². The Balaban J connectivity index is 3.16. The van der Waals surface area contributed by atoms with Crippen LogP contribution in [0.1, 0.15) is 59.8 Å². The fourth-order valence-electron chi connectivity index (χ4n) is 1.16. The van der Waals surface area contributed by atoms with Crippen molar-refractivity contribution in [3.05, 3.63) is 0 Å². The van der Waals surface area contributed by atoms with Crippen molar-refractivity contribution in [2.75, 3.05) is 0 Å². The zero-order valence-corrected chi connectivity index (χ0v) is 11.3. The number of hydrogen-bond acceptors (Lipinski definition) is 1. The molecule has 0 atom stereocenters. The predicted octanol–water partition coefficient (Wildman–Crippen LogP) is 3.27. The van der Waals surface area contributed by atoms with Crippen molar-refractivity contribution in [3.8, 4) is 0 Å². The van der Waals surface area contributed by atoms with E-state index in [1.807, 2.05) is 0 Å². The van der Waals surface area contributed by atoms with Crippen molar-refractivity contribution < 1.29 is 4.43 Å². The molecule has 0 saturated carbocycles. The average Bonchev–Trinajstić information content (AvgIpc) is 2.11. The van der Waals surface area contributed by atoms with E-state index in [0.29, 0.717) is 0 Å². The summed E-state index contributed by atoms with van der Waals surface area (Å²) in [5.74, 6) is 0. The number of unbranched alkanes of at least 4 members (excludes halogenated alkanes) is 3. The molecule has 0 aliphatic carbocycles. The van der Waals surface area contributed by atoms with Gasteiger partial charge in [-0.2, -0.15) is 0 Å². The van der Waals surface area contributed by atoms with E-state index in [9.17, 15) is 0 Å². The first-order valence-corrected chi connectivity index (χ1v) is 7.34. The monoisotopic (exact) mass is 202 g/mol. The van der Waals surface area contributed by atoms with Gasteiger partial charge in [-0.3, -0.25) is 0 Å². The van der Waals surface area contributed by atoms with Crippen LogP contribution in [0.15, 0.2) is 0 Å². The predicted molar refractivity (Wildman–Crippen MR) is 62.9 cm³/mol. The second-order valence-electron chi connectivity index (χ2n) is 4.38. The van der Waals surface area contributed by atoms with Crippen LogP contribution < -0.4 is 0 Å². The Hall–Kier alpha value is 0.177. The molecule has 13 heavy (non-hydrogen) atoms. The second kappa shape index (κ2) is 7.57. The molecule has 0 amide bonds. The van der Waals surface area contributed by atoms with Gasteiger partial charge in [0.1, 0.15) is 0 Å². The quantitative estimate of drug-likeness (QED) is 0.433. The summed E-state index contributed by atoms with van der Waals surface area (Å²) in [4.78, 5) is 0. The Morgan fingerprint density at radius 2 is 1.77 bits per heavy atom. The highest BCUT2D eigenvalue weighted by molar-refractivity contribution is 6.27. The Morgan fingerprint density at radius 3 is 2.31 bits per heavy atom. The van der Waals surface area contributed by atoms with Crippen LogP contribution in [0.3, 0.4) is 0 Å². The van der Waals surface area contributed by atoms with E-state index in [1.165, 1.54) is 31.7 Å². The normalized spacial score (nSPS) is 12.9. The summed E-state index contributed by atoms with van der Waals surface area (Å²) in [5, 5.41) is 0. The van der Waals surface area contributed by atoms with Crippen molar-refractivity contribution >= 4 is 9.76 Å². The first-order valence-electron chi connectivity index (χ1n) is 5.76. The van der Waals surface area contributed by atoms with Crippen LogP contribution in [0, 0.1) is 0 Å². The minimum Gasteiger partial charge on any atom is -0.419 e. The van der Waals surface area contributed by atoms with E-state index in [2.05, 4.69) is 27.7 Å². The lowest BCUT2D eigenvalue weighted by atomic mass is 10.1. The summed E-state index contributed by atoms with van der Waals surface area (Å²) in [6.45, 7) is 8.86. The zero-order chi connectivity index (χ0) is 10.2. The lowest BCUT2D eigenvalue weighted by molar-refractivity contribution is 0.111. The van der Waals surface area contributed by atoms with Crippen LogP contribution in [0.5, 0.6) is 0 Å². The van der Waals surface area contributed by atoms with Gasteiger partial charge in [0.25, 0.3) is 0 Å². The van der Waals surface area contributed by atoms with E-state index in [4.69, 9.17) is 4.43 Å². The first kappa shape index (κ1) is 13.2. The van der Waals surface area contributed by atoms with Crippen LogP contribution in [0.25, 0.3) is 0 Å². The molecule has 0 N–H and O–H groups in total. The first-order chi connectivity index (χ1) is 6.12. The summed E-state index contributed by atoms with van der Waals surface area (Å²) in [7, 11) is -0.232. The van der Waals surface area contributed by atoms with Gasteiger partial charge in [0, 0.05) is 5.60 Å². The number of hydrogen-bond donors (Lipinski definition) is 0. The lowest BCUT2D eigenvalue weighted by Crippen LogP contribution is -2.24. The Kier molecular flexibility index (Phi) is 7.67. The molecular weight excluding hydrogens is 176 g/mol. The maximum Gasteiger partial charge on any atom is 0.162 e. The van der Waals surface area contributed by atoms with Gasteiger partial charge in [-0.05, 0) is 26.3 Å². The maximum absolute atomic E-state index is 5.90. The van der Waals surface area contributed by atoms with E-state index >= 15 is 0 Å². The minimum absolute atomic E-state index is 0.150. The summed E-state index contributed by atoms with van der Waals surface area (Å²) in [6.07, 6.45) is 6.66. The molecule has 0 unspecified atom stereocenters. The van der Waals surface area contributed by atoms with Crippen molar-refractivity contribution in [1.82, 2.24) is 0 Å². The highest BCUT2D eigenvalue weighted by atomic mass is 28.2. The van der Waals surface area contributed by atoms with Crippen LogP contribution >= 0.6 is 0 Å². The van der Waals surface area contributed by atoms with Crippen LogP contribution in [0.2, 0.25) is 6.04 Å². The van der Waals surface area contributed by atoms with Gasteiger partial charge in [-0.25, -0.2) is 0 Å². The Bertz CT molecular complexity index is 113. The molecule has 0 saturated heterocycles. The molecule has 0 rings (SSSR count). The van der Waals surface area contributed by atoms with Gasteiger partial charge in [0.2, 0.25) is 0 Å². The van der Waals surface area contributed by atoms with Gasteiger partial charge in [-0.15, -0.1) is 0 Å². The van der Waals surface area contributed by atoms with Gasteiger partial charge >= 0.3 is 0 Å². The van der Waals surface area contributed by atoms with Gasteiger partial charge in [0.05, 0.1) is 0 Å². The average molecular weight is 202 g/mol. The van der Waals surface area contributed by atoms with Crippen molar-refractivity contribution in [3.63, 3.8) is 0 Å². The molecule has 80 valence electrons. The summed E-state index contributed by atoms with van der Waals surface area (Å²) >= 11 is 0. The second-order valence-corrected chi connectivity index (χ2v) is 5.78. The molecule has 2 heteroatoms. The third-order valence-electron chi connectivity index (χ3n) is 2.59. The molecular formula is C11H26OSi. The van der Waals surface area contributed by atoms with Crippen LogP contribution in [0.4, 0.5) is 0 Å². The molecule has 0 aromatic rings. The minimum atomic E-state index is -0.232. The molecule has 0 radical (unpaired) electrons. The molecule has 0 heterocycles. The fourth-order valence-corrected chi connectivity index (χ4v) is 2.61. The Morgan fingerprint density at radius 1 is 1.08 bits per heavy atom. The summed E-state index contributed by atoms with van der Waals surface area (Å²) in [6, 6.07) is 1.36. The molecule has 0 aromatic carbocycles. The largest absolute Gasteiger partial charge is 0.419 e. The van der Waals surface area contributed by atoms with E-state index in [1.54, 1.807) is 0 Å². The third-order valence-corrected chi connectivity index (χ3v) is 4.37. The molecule has 0 fully saturated rings. The topological polar surface area (TPSA) is 9.23 Å². The van der Waals surface area contributed by atoms with Crippen molar-refractivity contribution in [2.45, 2.75) is 71.4 Å². The number of rotatable bonds is 8. The Labute approximate surface area is 86.2 Å². The van der Waals surface area contributed by atoms with E-state index < -0.39 is 0 Å². The summed E-state index contributed by atoms with van der Waals surface area (Å²) in [5.41, 5.74) is 0.150. The standard InChI is InChI=1S/C11H26OSi/c1-5-7-8-9-10-13-12-11(3,4)6-2/h5-10,13H2,1-4H3. The highest BCUT2D eigenvalue weighted by Gasteiger charge is 2.13. The van der Waals surface area contributed by atoms with Crippen molar-refractivity contribution in [1.29, 1.82) is 0 Å². The highest BCUT2D eigenvalue weighted by Crippen LogP contribution is 2.13. The third kappa shape index (κ3) is 8.51. The molecule has 0 bridgehead atoms. The molecule has 0 aromatic heterocycles. The van der Waals surface area contributed by atoms with E-state index in [-0.39, 0.29) is 15.4 Å². The SMILES string of the molecule is CCCCCC[SiH2]OC(C)(C)CC. The van der Waals surface area contributed by atoms with Gasteiger partial charge in [-0.1, -0.05) is 39.5 Å². The van der Waals surface area contributed by atoms with Gasteiger partial charge in [0.15, 0.2) is 9.76 Å². The van der Waals surface area contributed by atoms with Crippen LogP contribution in [-0.4, -0.2) is 15.4 Å². The van der Waals surface area contributed by atoms with Crippen molar-refractivity contribution in [2.24, 2.45) is 0 Å². The fraction of sp³-hybridized carbons (Fsp3) is 1.00. The molecule has 0 aliphatic heterocycles. The van der Waals surface area contributed by atoms with Crippen LogP contribution in [-0.2, 0) is 4.43 Å². The molecule has 0 aliphatic rings. The zero-order valence-electron chi connectivity index (χ0n) is 9.86. The maximum atomic E-state index is 5.90. The molecule has 1 nitrogen and oxygen atoms in total. The van der Waals surface area contributed by atoms with Gasteiger partial charge < -0.3 is 4.43 Å².